The molecule has 5 fully saturated rings. The van der Waals surface area contributed by atoms with Crippen LogP contribution in [0.4, 0.5) is 0 Å². The van der Waals surface area contributed by atoms with Gasteiger partial charge >= 0.3 is 0 Å². The van der Waals surface area contributed by atoms with Crippen LogP contribution in [-0.4, -0.2) is 44.9 Å². The molecule has 222 valence electrons. The minimum Gasteiger partial charge on any atom is -0.384 e. The molecule has 0 aromatic heterocycles. The van der Waals surface area contributed by atoms with Crippen LogP contribution in [0.15, 0.2) is 11.6 Å². The number of methoxy groups -OCH3 is 2. The van der Waals surface area contributed by atoms with Gasteiger partial charge in [-0.25, -0.2) is 0 Å². The lowest BCUT2D eigenvalue weighted by Gasteiger charge is -2.72. The van der Waals surface area contributed by atoms with Crippen molar-refractivity contribution in [1.29, 1.82) is 0 Å². The molecule has 0 spiro atoms. The van der Waals surface area contributed by atoms with Crippen molar-refractivity contribution in [3.63, 3.8) is 0 Å². The summed E-state index contributed by atoms with van der Waals surface area (Å²) in [6.45, 7) is 23.0. The summed E-state index contributed by atoms with van der Waals surface area (Å²) < 4.78 is 25.4. The Bertz CT molecular complexity index is 1030. The van der Waals surface area contributed by atoms with Crippen LogP contribution < -0.4 is 0 Å². The summed E-state index contributed by atoms with van der Waals surface area (Å²) in [6, 6.07) is 0. The number of ether oxygens (including phenoxy) is 4. The van der Waals surface area contributed by atoms with Gasteiger partial charge in [0.05, 0.1) is 24.9 Å². The van der Waals surface area contributed by atoms with Gasteiger partial charge in [-0.3, -0.25) is 0 Å². The molecule has 0 bridgehead atoms. The summed E-state index contributed by atoms with van der Waals surface area (Å²) in [5.41, 5.74) is 2.95. The van der Waals surface area contributed by atoms with Gasteiger partial charge in [-0.05, 0) is 105 Å². The van der Waals surface area contributed by atoms with Crippen LogP contribution in [0.5, 0.6) is 0 Å². The molecular weight excluding hydrogens is 484 g/mol. The van der Waals surface area contributed by atoms with Crippen molar-refractivity contribution in [2.24, 2.45) is 50.2 Å². The lowest BCUT2D eigenvalue weighted by atomic mass is 9.33. The quantitative estimate of drug-likeness (QED) is 0.337. The van der Waals surface area contributed by atoms with Crippen LogP contribution in [0.2, 0.25) is 0 Å². The van der Waals surface area contributed by atoms with Gasteiger partial charge in [0.1, 0.15) is 0 Å². The molecule has 0 N–H and O–H groups in total. The van der Waals surface area contributed by atoms with E-state index in [1.165, 1.54) is 44.9 Å². The van der Waals surface area contributed by atoms with E-state index in [1.807, 2.05) is 14.2 Å². The highest BCUT2D eigenvalue weighted by molar-refractivity contribution is 5.35. The van der Waals surface area contributed by atoms with E-state index in [0.29, 0.717) is 28.6 Å². The van der Waals surface area contributed by atoms with E-state index in [4.69, 9.17) is 18.9 Å². The lowest BCUT2D eigenvalue weighted by molar-refractivity contribution is -0.225. The molecule has 39 heavy (non-hydrogen) atoms. The molecule has 4 heteroatoms. The highest BCUT2D eigenvalue weighted by Gasteiger charge is 2.71. The number of rotatable bonds is 3. The third kappa shape index (κ3) is 3.56. The fraction of sp³-hybridized carbons (Fsp3) is 0.943. The van der Waals surface area contributed by atoms with E-state index >= 15 is 0 Å². The largest absolute Gasteiger partial charge is 0.384 e. The molecule has 1 unspecified atom stereocenters. The van der Waals surface area contributed by atoms with Gasteiger partial charge in [0.15, 0.2) is 5.79 Å². The van der Waals surface area contributed by atoms with Gasteiger partial charge in [-0.15, -0.1) is 0 Å². The highest BCUT2D eigenvalue weighted by atomic mass is 16.8. The normalized spacial score (nSPS) is 55.4. The second-order valence-electron chi connectivity index (χ2n) is 17.2. The maximum Gasteiger partial charge on any atom is 0.163 e. The Morgan fingerprint density at radius 1 is 0.795 bits per heavy atom. The number of hydrogen-bond donors (Lipinski definition) is 0. The standard InChI is InChI=1S/C35H58O4/c1-29(2)20-23-22-12-13-25-32(6)16-15-26(37-11)33(7,21-36-10)24(32)14-17-35(25,9)34(22,8)19-18-31(23,5)28-27(29)38-30(3,4)39-28/h12,23-28H,13-21H2,1-11H3/t23-,24?,25-,26+,27+,28-,31-,32+,33+,34-,35-/m1/s1. The van der Waals surface area contributed by atoms with Crippen molar-refractivity contribution < 1.29 is 18.9 Å². The third-order valence-electron chi connectivity index (χ3n) is 14.6. The van der Waals surface area contributed by atoms with Crippen LogP contribution in [-0.2, 0) is 18.9 Å². The fourth-order valence-electron chi connectivity index (χ4n) is 12.4. The number of allylic oxidation sites excluding steroid dienone is 2. The maximum atomic E-state index is 6.79. The van der Waals surface area contributed by atoms with E-state index in [1.54, 1.807) is 5.57 Å². The van der Waals surface area contributed by atoms with Gasteiger partial charge in [0, 0.05) is 25.0 Å². The summed E-state index contributed by atoms with van der Waals surface area (Å²) in [5, 5.41) is 0. The molecule has 4 nitrogen and oxygen atoms in total. The van der Waals surface area contributed by atoms with Crippen molar-refractivity contribution in [2.75, 3.05) is 20.8 Å². The highest BCUT2D eigenvalue weighted by Crippen LogP contribution is 2.76. The molecule has 1 aliphatic heterocycles. The Kier molecular flexibility index (Phi) is 6.31. The van der Waals surface area contributed by atoms with E-state index < -0.39 is 5.79 Å². The molecule has 4 saturated carbocycles. The zero-order valence-electron chi connectivity index (χ0n) is 27.0. The first kappa shape index (κ1) is 28.7. The maximum absolute atomic E-state index is 6.79. The molecule has 0 amide bonds. The molecule has 6 aliphatic rings. The van der Waals surface area contributed by atoms with Crippen molar-refractivity contribution >= 4 is 0 Å². The summed E-state index contributed by atoms with van der Waals surface area (Å²) in [7, 11) is 3.79. The zero-order valence-corrected chi connectivity index (χ0v) is 27.0. The SMILES string of the molecule is COC[C@@]1(C)C2CC[C@]3(C)[C@H](CC=C4[C@H]5CC(C)(C)[C@H]6OC(C)(C)O[C@H]6[C@]5(C)CC[C@]43C)[C@@]2(C)CC[C@@H]1OC. The second-order valence-corrected chi connectivity index (χ2v) is 17.2. The third-order valence-corrected chi connectivity index (χ3v) is 14.6. The monoisotopic (exact) mass is 542 g/mol. The van der Waals surface area contributed by atoms with E-state index in [-0.39, 0.29) is 40.0 Å². The number of fused-ring (bicyclic) bond motifs is 9. The van der Waals surface area contributed by atoms with Gasteiger partial charge in [-0.1, -0.05) is 60.1 Å². The van der Waals surface area contributed by atoms with E-state index in [2.05, 4.69) is 68.4 Å². The van der Waals surface area contributed by atoms with E-state index in [0.717, 1.165) is 13.0 Å². The van der Waals surface area contributed by atoms with Gasteiger partial charge in [-0.2, -0.15) is 0 Å². The molecule has 0 radical (unpaired) electrons. The Labute approximate surface area is 239 Å². The van der Waals surface area contributed by atoms with Crippen molar-refractivity contribution in [1.82, 2.24) is 0 Å². The topological polar surface area (TPSA) is 36.9 Å². The Morgan fingerprint density at radius 2 is 1.49 bits per heavy atom. The molecule has 6 rings (SSSR count). The second kappa shape index (κ2) is 8.57. The Morgan fingerprint density at radius 3 is 2.15 bits per heavy atom. The summed E-state index contributed by atoms with van der Waals surface area (Å²) in [5.74, 6) is 1.41. The van der Waals surface area contributed by atoms with Crippen molar-refractivity contribution in [2.45, 2.75) is 138 Å². The molecule has 1 heterocycles. The van der Waals surface area contributed by atoms with Crippen molar-refractivity contribution in [3.8, 4) is 0 Å². The summed E-state index contributed by atoms with van der Waals surface area (Å²) >= 11 is 0. The lowest BCUT2D eigenvalue weighted by Crippen LogP contribution is -2.67. The summed E-state index contributed by atoms with van der Waals surface area (Å²) in [6.07, 6.45) is 13.3. The molecule has 0 aromatic rings. The minimum absolute atomic E-state index is 0.0723. The molecule has 5 aliphatic carbocycles. The Balaban J connectivity index is 1.40. The predicted octanol–water partition coefficient (Wildman–Crippen LogP) is 8.19. The van der Waals surface area contributed by atoms with E-state index in [9.17, 15) is 0 Å². The van der Waals surface area contributed by atoms with Crippen molar-refractivity contribution in [3.05, 3.63) is 11.6 Å². The van der Waals surface area contributed by atoms with Crippen LogP contribution in [0.25, 0.3) is 0 Å². The van der Waals surface area contributed by atoms with Crippen LogP contribution in [0.3, 0.4) is 0 Å². The number of hydrogen-bond acceptors (Lipinski definition) is 4. The smallest absolute Gasteiger partial charge is 0.163 e. The average Bonchev–Trinajstić information content (AvgIpc) is 3.19. The average molecular weight is 543 g/mol. The Hall–Kier alpha value is -0.420. The summed E-state index contributed by atoms with van der Waals surface area (Å²) in [4.78, 5) is 0. The minimum atomic E-state index is -0.494. The van der Waals surface area contributed by atoms with Crippen LogP contribution >= 0.6 is 0 Å². The first-order valence-electron chi connectivity index (χ1n) is 16.1. The van der Waals surface area contributed by atoms with Gasteiger partial charge in [0.2, 0.25) is 0 Å². The van der Waals surface area contributed by atoms with Gasteiger partial charge < -0.3 is 18.9 Å². The fourth-order valence-corrected chi connectivity index (χ4v) is 12.4. The predicted molar refractivity (Wildman–Crippen MR) is 156 cm³/mol. The zero-order chi connectivity index (χ0) is 28.4. The van der Waals surface area contributed by atoms with Crippen LogP contribution in [0, 0.1) is 50.2 Å². The molecule has 0 aromatic carbocycles. The van der Waals surface area contributed by atoms with Gasteiger partial charge in [0.25, 0.3) is 0 Å². The first-order chi connectivity index (χ1) is 18.0. The molecule has 11 atom stereocenters. The molecule has 1 saturated heterocycles. The van der Waals surface area contributed by atoms with Crippen LogP contribution in [0.1, 0.15) is 114 Å². The first-order valence-corrected chi connectivity index (χ1v) is 16.1. The molecular formula is C35H58O4.